The van der Waals surface area contributed by atoms with Crippen molar-refractivity contribution in [2.45, 2.75) is 12.5 Å². The highest BCUT2D eigenvalue weighted by molar-refractivity contribution is 6.00. The quantitative estimate of drug-likeness (QED) is 0.553. The number of carbonyl (C=O) groups is 2. The van der Waals surface area contributed by atoms with Gasteiger partial charge in [-0.3, -0.25) is 4.79 Å². The summed E-state index contributed by atoms with van der Waals surface area (Å²) >= 11 is 0. The summed E-state index contributed by atoms with van der Waals surface area (Å²) in [5.41, 5.74) is 4.89. The number of aliphatic carboxylic acids is 1. The highest BCUT2D eigenvalue weighted by Crippen LogP contribution is 2.15. The predicted molar refractivity (Wildman–Crippen MR) is 61.4 cm³/mol. The Labute approximate surface area is 102 Å². The van der Waals surface area contributed by atoms with E-state index in [1.165, 1.54) is 12.1 Å². The first-order chi connectivity index (χ1) is 8.47. The van der Waals surface area contributed by atoms with E-state index < -0.39 is 30.3 Å². The molecule has 5 N–H and O–H groups in total. The number of amides is 1. The molecule has 0 aliphatic rings. The van der Waals surface area contributed by atoms with Gasteiger partial charge in [-0.15, -0.1) is 0 Å². The molecule has 1 unspecified atom stereocenters. The molecule has 0 radical (unpaired) electrons. The van der Waals surface area contributed by atoms with Gasteiger partial charge in [0.1, 0.15) is 11.9 Å². The maximum absolute atomic E-state index is 13.1. The summed E-state index contributed by atoms with van der Waals surface area (Å²) in [6.45, 7) is -0.393. The van der Waals surface area contributed by atoms with Crippen LogP contribution >= 0.6 is 0 Å². The number of carbonyl (C=O) groups excluding carboxylic acids is 1. The van der Waals surface area contributed by atoms with Crippen LogP contribution in [0.15, 0.2) is 18.2 Å². The van der Waals surface area contributed by atoms with Crippen LogP contribution in [-0.2, 0) is 4.79 Å². The van der Waals surface area contributed by atoms with E-state index in [4.69, 9.17) is 15.9 Å². The molecule has 0 bridgehead atoms. The van der Waals surface area contributed by atoms with Gasteiger partial charge in [0, 0.05) is 13.0 Å². The van der Waals surface area contributed by atoms with Crippen molar-refractivity contribution in [1.29, 1.82) is 0 Å². The maximum atomic E-state index is 13.1. The predicted octanol–water partition coefficient (Wildman–Crippen LogP) is -0.0267. The van der Waals surface area contributed by atoms with Crippen LogP contribution in [0.2, 0.25) is 0 Å². The SMILES string of the molecule is Nc1c(F)cccc1C(=O)NC(CCO)C(=O)O. The second-order valence-corrected chi connectivity index (χ2v) is 3.58. The van der Waals surface area contributed by atoms with Crippen molar-refractivity contribution in [2.75, 3.05) is 12.3 Å². The Bertz CT molecular complexity index is 464. The molecule has 1 aromatic carbocycles. The zero-order chi connectivity index (χ0) is 13.7. The Morgan fingerprint density at radius 3 is 2.67 bits per heavy atom. The number of carboxylic acid groups (broad SMARTS) is 1. The summed E-state index contributed by atoms with van der Waals surface area (Å²) in [5.74, 6) is -2.84. The average Bonchev–Trinajstić information content (AvgIpc) is 2.31. The minimum absolute atomic E-state index is 0.140. The second kappa shape index (κ2) is 5.97. The van der Waals surface area contributed by atoms with E-state index in [1.54, 1.807) is 0 Å². The molecule has 0 saturated heterocycles. The zero-order valence-corrected chi connectivity index (χ0v) is 9.39. The number of rotatable bonds is 5. The molecule has 0 fully saturated rings. The van der Waals surface area contributed by atoms with Crippen LogP contribution in [0.3, 0.4) is 0 Å². The minimum atomic E-state index is -1.28. The molecule has 7 heteroatoms. The molecule has 0 saturated carbocycles. The molecule has 18 heavy (non-hydrogen) atoms. The van der Waals surface area contributed by atoms with Crippen LogP contribution in [0, 0.1) is 5.82 Å². The molecule has 1 rings (SSSR count). The third kappa shape index (κ3) is 3.17. The number of hydrogen-bond donors (Lipinski definition) is 4. The fourth-order valence-electron chi connectivity index (χ4n) is 1.36. The van der Waals surface area contributed by atoms with E-state index in [2.05, 4.69) is 5.32 Å². The van der Waals surface area contributed by atoms with E-state index in [1.807, 2.05) is 0 Å². The summed E-state index contributed by atoms with van der Waals surface area (Å²) in [7, 11) is 0. The number of halogens is 1. The molecule has 6 nitrogen and oxygen atoms in total. The molecule has 98 valence electrons. The Hall–Kier alpha value is -2.15. The second-order valence-electron chi connectivity index (χ2n) is 3.58. The van der Waals surface area contributed by atoms with Crippen molar-refractivity contribution in [3.63, 3.8) is 0 Å². The number of carboxylic acids is 1. The van der Waals surface area contributed by atoms with Gasteiger partial charge in [0.15, 0.2) is 0 Å². The fraction of sp³-hybridized carbons (Fsp3) is 0.273. The largest absolute Gasteiger partial charge is 0.480 e. The van der Waals surface area contributed by atoms with Crippen LogP contribution in [0.1, 0.15) is 16.8 Å². The molecule has 1 amide bonds. The number of anilines is 1. The van der Waals surface area contributed by atoms with Crippen molar-refractivity contribution < 1.29 is 24.2 Å². The average molecular weight is 256 g/mol. The number of benzene rings is 1. The molecule has 1 aromatic rings. The Morgan fingerprint density at radius 1 is 1.44 bits per heavy atom. The monoisotopic (exact) mass is 256 g/mol. The number of para-hydroxylation sites is 1. The smallest absolute Gasteiger partial charge is 0.326 e. The van der Waals surface area contributed by atoms with Gasteiger partial charge in [-0.1, -0.05) is 6.07 Å². The fourth-order valence-corrected chi connectivity index (χ4v) is 1.36. The summed E-state index contributed by atoms with van der Waals surface area (Å²) in [4.78, 5) is 22.5. The normalized spacial score (nSPS) is 11.9. The van der Waals surface area contributed by atoms with Crippen LogP contribution in [0.5, 0.6) is 0 Å². The van der Waals surface area contributed by atoms with Gasteiger partial charge in [-0.25, -0.2) is 9.18 Å². The number of nitrogens with one attached hydrogen (secondary N) is 1. The van der Waals surface area contributed by atoms with E-state index in [9.17, 15) is 14.0 Å². The van der Waals surface area contributed by atoms with Gasteiger partial charge in [0.25, 0.3) is 5.91 Å². The lowest BCUT2D eigenvalue weighted by Gasteiger charge is -2.14. The van der Waals surface area contributed by atoms with Crippen molar-refractivity contribution in [3.8, 4) is 0 Å². The zero-order valence-electron chi connectivity index (χ0n) is 9.39. The first-order valence-corrected chi connectivity index (χ1v) is 5.16. The molecule has 0 spiro atoms. The van der Waals surface area contributed by atoms with E-state index >= 15 is 0 Å². The van der Waals surface area contributed by atoms with Crippen molar-refractivity contribution in [3.05, 3.63) is 29.6 Å². The Morgan fingerprint density at radius 2 is 2.11 bits per heavy atom. The van der Waals surface area contributed by atoms with Crippen molar-refractivity contribution in [1.82, 2.24) is 5.32 Å². The topological polar surface area (TPSA) is 113 Å². The highest BCUT2D eigenvalue weighted by atomic mass is 19.1. The highest BCUT2D eigenvalue weighted by Gasteiger charge is 2.21. The number of nitrogen functional groups attached to an aromatic ring is 1. The van der Waals surface area contributed by atoms with E-state index in [0.29, 0.717) is 0 Å². The number of nitrogens with two attached hydrogens (primary N) is 1. The van der Waals surface area contributed by atoms with Crippen molar-refractivity contribution in [2.24, 2.45) is 0 Å². The van der Waals surface area contributed by atoms with E-state index in [0.717, 1.165) is 6.07 Å². The van der Waals surface area contributed by atoms with Gasteiger partial charge < -0.3 is 21.3 Å². The van der Waals surface area contributed by atoms with Gasteiger partial charge in [0.05, 0.1) is 11.3 Å². The van der Waals surface area contributed by atoms with Crippen LogP contribution in [0.25, 0.3) is 0 Å². The summed E-state index contributed by atoms with van der Waals surface area (Å²) in [5, 5.41) is 19.6. The molecular weight excluding hydrogens is 243 g/mol. The third-order valence-corrected chi connectivity index (χ3v) is 2.32. The molecule has 0 heterocycles. The first kappa shape index (κ1) is 13.9. The summed E-state index contributed by atoms with van der Waals surface area (Å²) < 4.78 is 13.1. The number of hydrogen-bond acceptors (Lipinski definition) is 4. The standard InChI is InChI=1S/C11H13FN2O4/c12-7-3-1-2-6(9(7)13)10(16)14-8(4-5-15)11(17)18/h1-3,8,15H,4-5,13H2,(H,14,16)(H,17,18). The van der Waals surface area contributed by atoms with Gasteiger partial charge in [-0.2, -0.15) is 0 Å². The Balaban J connectivity index is 2.87. The number of aliphatic hydroxyl groups is 1. The first-order valence-electron chi connectivity index (χ1n) is 5.16. The molecular formula is C11H13FN2O4. The molecule has 0 aliphatic carbocycles. The van der Waals surface area contributed by atoms with Crippen LogP contribution < -0.4 is 11.1 Å². The minimum Gasteiger partial charge on any atom is -0.480 e. The third-order valence-electron chi connectivity index (χ3n) is 2.32. The lowest BCUT2D eigenvalue weighted by Crippen LogP contribution is -2.41. The molecule has 0 aliphatic heterocycles. The van der Waals surface area contributed by atoms with Gasteiger partial charge >= 0.3 is 5.97 Å². The number of aliphatic hydroxyl groups excluding tert-OH is 1. The van der Waals surface area contributed by atoms with Crippen molar-refractivity contribution >= 4 is 17.6 Å². The lowest BCUT2D eigenvalue weighted by molar-refractivity contribution is -0.139. The lowest BCUT2D eigenvalue weighted by atomic mass is 10.1. The summed E-state index contributed by atoms with van der Waals surface area (Å²) in [6.07, 6.45) is -0.143. The van der Waals surface area contributed by atoms with Gasteiger partial charge in [-0.05, 0) is 12.1 Å². The van der Waals surface area contributed by atoms with Crippen LogP contribution in [0.4, 0.5) is 10.1 Å². The maximum Gasteiger partial charge on any atom is 0.326 e. The molecule has 0 aromatic heterocycles. The Kier molecular flexibility index (Phi) is 4.61. The molecule has 1 atom stereocenters. The van der Waals surface area contributed by atoms with Gasteiger partial charge in [0.2, 0.25) is 0 Å². The van der Waals surface area contributed by atoms with E-state index in [-0.39, 0.29) is 17.7 Å². The van der Waals surface area contributed by atoms with Crippen LogP contribution in [-0.4, -0.2) is 34.7 Å². The summed E-state index contributed by atoms with van der Waals surface area (Å²) in [6, 6.07) is 2.42.